The van der Waals surface area contributed by atoms with Crippen LogP contribution < -0.4 is 0 Å². The Morgan fingerprint density at radius 2 is 2.00 bits per heavy atom. The predicted molar refractivity (Wildman–Crippen MR) is 54.0 cm³/mol. The Balaban J connectivity index is 2.87. The van der Waals surface area contributed by atoms with Crippen LogP contribution in [0, 0.1) is 18.3 Å². The zero-order valence-corrected chi connectivity index (χ0v) is 9.04. The average molecular weight is 182 g/mol. The summed E-state index contributed by atoms with van der Waals surface area (Å²) in [6, 6.07) is 0.428. The van der Waals surface area contributed by atoms with Crippen LogP contribution in [0.25, 0.3) is 0 Å². The van der Waals surface area contributed by atoms with Gasteiger partial charge in [0.2, 0.25) is 0 Å². The Kier molecular flexibility index (Phi) is 2.44. The molecule has 0 aromatic carbocycles. The molecule has 2 nitrogen and oxygen atoms in total. The van der Waals surface area contributed by atoms with Crippen LogP contribution >= 0.6 is 0 Å². The second-order valence-electron chi connectivity index (χ2n) is 4.98. The van der Waals surface area contributed by atoms with Gasteiger partial charge in [-0.2, -0.15) is 0 Å². The van der Waals surface area contributed by atoms with Gasteiger partial charge in [-0.25, -0.2) is 0 Å². The molecule has 0 bridgehead atoms. The van der Waals surface area contributed by atoms with E-state index < -0.39 is 5.60 Å². The van der Waals surface area contributed by atoms with E-state index in [1.54, 1.807) is 0 Å². The maximum atomic E-state index is 10.1. The smallest absolute Gasteiger partial charge is 0.138 e. The van der Waals surface area contributed by atoms with E-state index in [0.29, 0.717) is 12.5 Å². The number of likely N-dealkylation sites (tertiary alicyclic amines) is 1. The van der Waals surface area contributed by atoms with Crippen molar-refractivity contribution in [3.8, 4) is 12.3 Å². The average Bonchev–Trinajstić information content (AvgIpc) is 2.01. The molecule has 74 valence electrons. The fourth-order valence-corrected chi connectivity index (χ4v) is 2.14. The Bertz CT molecular complexity index is 241. The zero-order valence-electron chi connectivity index (χ0n) is 9.04. The fourth-order valence-electron chi connectivity index (χ4n) is 2.14. The highest BCUT2D eigenvalue weighted by Crippen LogP contribution is 2.33. The molecular formula is C11H20NO+. The first-order valence-corrected chi connectivity index (χ1v) is 4.84. The first-order chi connectivity index (χ1) is 5.82. The van der Waals surface area contributed by atoms with E-state index in [-0.39, 0.29) is 5.92 Å². The molecular weight excluding hydrogens is 162 g/mol. The van der Waals surface area contributed by atoms with Crippen LogP contribution in [-0.4, -0.2) is 41.9 Å². The number of hydrogen-bond acceptors (Lipinski definition) is 1. The first kappa shape index (κ1) is 10.6. The number of terminal acetylenes is 1. The molecule has 1 aliphatic rings. The monoisotopic (exact) mass is 182 g/mol. The van der Waals surface area contributed by atoms with Crippen molar-refractivity contribution in [2.24, 2.45) is 5.92 Å². The molecule has 0 aromatic rings. The largest absolute Gasteiger partial charge is 0.377 e. The number of rotatable bonds is 0. The molecule has 0 unspecified atom stereocenters. The third-order valence-electron chi connectivity index (χ3n) is 3.61. The van der Waals surface area contributed by atoms with Gasteiger partial charge in [-0.1, -0.05) is 12.8 Å². The van der Waals surface area contributed by atoms with Crippen LogP contribution in [0.3, 0.4) is 0 Å². The van der Waals surface area contributed by atoms with Gasteiger partial charge in [0, 0.05) is 12.3 Å². The first-order valence-electron chi connectivity index (χ1n) is 4.84. The molecule has 3 atom stereocenters. The van der Waals surface area contributed by atoms with Crippen molar-refractivity contribution in [3.05, 3.63) is 0 Å². The summed E-state index contributed by atoms with van der Waals surface area (Å²) in [5.74, 6) is 2.73. The lowest BCUT2D eigenvalue weighted by Gasteiger charge is -2.48. The summed E-state index contributed by atoms with van der Waals surface area (Å²) >= 11 is 0. The molecule has 0 radical (unpaired) electrons. The van der Waals surface area contributed by atoms with Crippen molar-refractivity contribution >= 4 is 0 Å². The van der Waals surface area contributed by atoms with Crippen LogP contribution in [0.2, 0.25) is 0 Å². The van der Waals surface area contributed by atoms with Crippen molar-refractivity contribution in [2.75, 3.05) is 20.6 Å². The Labute approximate surface area is 81.1 Å². The summed E-state index contributed by atoms with van der Waals surface area (Å²) in [4.78, 5) is 0. The zero-order chi connectivity index (χ0) is 10.3. The lowest BCUT2D eigenvalue weighted by molar-refractivity contribution is -0.923. The molecule has 1 heterocycles. The number of aliphatic hydroxyl groups is 1. The third kappa shape index (κ3) is 1.72. The molecule has 1 rings (SSSR count). The van der Waals surface area contributed by atoms with E-state index in [1.807, 2.05) is 6.92 Å². The second-order valence-corrected chi connectivity index (χ2v) is 4.98. The van der Waals surface area contributed by atoms with Gasteiger partial charge in [-0.15, -0.1) is 6.42 Å². The molecule has 1 fully saturated rings. The van der Waals surface area contributed by atoms with Gasteiger partial charge in [0.05, 0.1) is 26.7 Å². The van der Waals surface area contributed by atoms with Crippen LogP contribution in [0.4, 0.5) is 0 Å². The number of nitrogens with zero attached hydrogens (tertiary/aromatic N) is 1. The fraction of sp³-hybridized carbons (Fsp3) is 0.818. The highest BCUT2D eigenvalue weighted by Gasteiger charge is 2.46. The summed E-state index contributed by atoms with van der Waals surface area (Å²) < 4.78 is 0.950. The third-order valence-corrected chi connectivity index (χ3v) is 3.61. The summed E-state index contributed by atoms with van der Waals surface area (Å²) in [6.07, 6.45) is 6.08. The van der Waals surface area contributed by atoms with E-state index in [0.717, 1.165) is 11.0 Å². The van der Waals surface area contributed by atoms with Gasteiger partial charge in [0.1, 0.15) is 5.60 Å². The topological polar surface area (TPSA) is 20.2 Å². The number of hydrogen-bond donors (Lipinski definition) is 1. The lowest BCUT2D eigenvalue weighted by Crippen LogP contribution is -2.61. The molecule has 0 aliphatic carbocycles. The highest BCUT2D eigenvalue weighted by atomic mass is 16.3. The van der Waals surface area contributed by atoms with Crippen LogP contribution in [-0.2, 0) is 0 Å². The van der Waals surface area contributed by atoms with Gasteiger partial charge in [-0.05, 0) is 6.92 Å². The molecule has 1 aliphatic heterocycles. The number of quaternary nitrogens is 1. The van der Waals surface area contributed by atoms with E-state index >= 15 is 0 Å². The van der Waals surface area contributed by atoms with Gasteiger partial charge in [0.15, 0.2) is 0 Å². The van der Waals surface area contributed by atoms with Crippen molar-refractivity contribution in [3.63, 3.8) is 0 Å². The molecule has 13 heavy (non-hydrogen) atoms. The van der Waals surface area contributed by atoms with Crippen LogP contribution in [0.5, 0.6) is 0 Å². The van der Waals surface area contributed by atoms with Gasteiger partial charge in [-0.3, -0.25) is 0 Å². The normalized spacial score (nSPS) is 44.0. The summed E-state index contributed by atoms with van der Waals surface area (Å²) in [5.41, 5.74) is -0.882. The van der Waals surface area contributed by atoms with Crippen molar-refractivity contribution < 1.29 is 9.59 Å². The molecule has 0 spiro atoms. The standard InChI is InChI=1S/C11H20NO/c1-6-11(13)7-10(3)12(4,5)8-9(11)2/h1,9-10,13H,7-8H2,2-5H3/q+1/t9-,10+,11-/m1/s1. The second kappa shape index (κ2) is 3.01. The van der Waals surface area contributed by atoms with Crippen molar-refractivity contribution in [2.45, 2.75) is 31.9 Å². The minimum atomic E-state index is -0.882. The molecule has 1 N–H and O–H groups in total. The summed E-state index contributed by atoms with van der Waals surface area (Å²) in [6.45, 7) is 5.13. The molecule has 1 saturated heterocycles. The quantitative estimate of drug-likeness (QED) is 0.435. The number of piperidine rings is 1. The summed E-state index contributed by atoms with van der Waals surface area (Å²) in [5, 5.41) is 10.1. The minimum Gasteiger partial charge on any atom is -0.377 e. The van der Waals surface area contributed by atoms with Crippen LogP contribution in [0.15, 0.2) is 0 Å². The maximum absolute atomic E-state index is 10.1. The highest BCUT2D eigenvalue weighted by molar-refractivity contribution is 5.11. The SMILES string of the molecule is C#C[C@@]1(O)C[C@H](C)[N+](C)(C)C[C@H]1C. The van der Waals surface area contributed by atoms with Gasteiger partial charge in [0.25, 0.3) is 0 Å². The molecule has 0 aromatic heterocycles. The Hall–Kier alpha value is -0.520. The van der Waals surface area contributed by atoms with Gasteiger partial charge >= 0.3 is 0 Å². The predicted octanol–water partition coefficient (Wildman–Crippen LogP) is 0.855. The lowest BCUT2D eigenvalue weighted by atomic mass is 9.79. The Morgan fingerprint density at radius 1 is 1.46 bits per heavy atom. The minimum absolute atomic E-state index is 0.184. The van der Waals surface area contributed by atoms with E-state index in [1.165, 1.54) is 0 Å². The van der Waals surface area contributed by atoms with E-state index in [2.05, 4.69) is 26.9 Å². The summed E-state index contributed by atoms with van der Waals surface area (Å²) in [7, 11) is 4.38. The van der Waals surface area contributed by atoms with Crippen molar-refractivity contribution in [1.82, 2.24) is 0 Å². The molecule has 0 saturated carbocycles. The van der Waals surface area contributed by atoms with Crippen molar-refractivity contribution in [1.29, 1.82) is 0 Å². The van der Waals surface area contributed by atoms with Crippen LogP contribution in [0.1, 0.15) is 20.3 Å². The maximum Gasteiger partial charge on any atom is 0.138 e. The van der Waals surface area contributed by atoms with E-state index in [9.17, 15) is 5.11 Å². The van der Waals surface area contributed by atoms with E-state index in [4.69, 9.17) is 6.42 Å². The molecule has 0 amide bonds. The van der Waals surface area contributed by atoms with Gasteiger partial charge < -0.3 is 9.59 Å². The molecule has 2 heteroatoms. The Morgan fingerprint density at radius 3 is 2.46 bits per heavy atom.